The summed E-state index contributed by atoms with van der Waals surface area (Å²) in [6, 6.07) is 9.05. The molecule has 29 heavy (non-hydrogen) atoms. The molecule has 0 aliphatic heterocycles. The number of carbonyl (C=O) groups is 1. The molecule has 0 aliphatic rings. The van der Waals surface area contributed by atoms with Crippen LogP contribution in [0.3, 0.4) is 0 Å². The molecule has 3 heterocycles. The monoisotopic (exact) mass is 392 g/mol. The van der Waals surface area contributed by atoms with E-state index in [1.807, 2.05) is 18.2 Å². The van der Waals surface area contributed by atoms with Gasteiger partial charge in [0.05, 0.1) is 18.3 Å². The maximum atomic E-state index is 13.1. The lowest BCUT2D eigenvalue weighted by molar-refractivity contribution is 0.0897. The van der Waals surface area contributed by atoms with E-state index in [0.29, 0.717) is 23.7 Å². The molecule has 0 radical (unpaired) electrons. The SMILES string of the molecule is CCCCOn1ncc2cc(N(Cc3nn[nH]n3)C(=O)c3cccnc3)ccc21. The van der Waals surface area contributed by atoms with Crippen LogP contribution in [0.5, 0.6) is 0 Å². The van der Waals surface area contributed by atoms with Gasteiger partial charge >= 0.3 is 0 Å². The van der Waals surface area contributed by atoms with Crippen LogP contribution in [0.25, 0.3) is 10.9 Å². The van der Waals surface area contributed by atoms with Gasteiger partial charge in [-0.25, -0.2) is 0 Å². The summed E-state index contributed by atoms with van der Waals surface area (Å²) in [6.45, 7) is 2.86. The van der Waals surface area contributed by atoms with E-state index in [1.165, 1.54) is 11.0 Å². The van der Waals surface area contributed by atoms with Crippen molar-refractivity contribution in [3.8, 4) is 0 Å². The molecule has 10 heteroatoms. The summed E-state index contributed by atoms with van der Waals surface area (Å²) in [5, 5.41) is 19.1. The predicted molar refractivity (Wildman–Crippen MR) is 105 cm³/mol. The Hall–Kier alpha value is -3.82. The van der Waals surface area contributed by atoms with Crippen LogP contribution in [-0.2, 0) is 6.54 Å². The molecule has 148 valence electrons. The highest BCUT2D eigenvalue weighted by molar-refractivity contribution is 6.06. The average Bonchev–Trinajstić information content (AvgIpc) is 3.42. The molecule has 0 saturated heterocycles. The number of pyridine rings is 1. The minimum Gasteiger partial charge on any atom is -0.396 e. The molecule has 3 aromatic heterocycles. The summed E-state index contributed by atoms with van der Waals surface area (Å²) < 4.78 is 0. The van der Waals surface area contributed by atoms with Gasteiger partial charge in [-0.1, -0.05) is 23.4 Å². The number of amides is 1. The predicted octanol–water partition coefficient (Wildman–Crippen LogP) is 2.02. The first kappa shape index (κ1) is 18.5. The molecule has 0 fully saturated rings. The van der Waals surface area contributed by atoms with Gasteiger partial charge < -0.3 is 9.74 Å². The lowest BCUT2D eigenvalue weighted by Crippen LogP contribution is -2.31. The fourth-order valence-electron chi connectivity index (χ4n) is 2.88. The number of hydrogen-bond acceptors (Lipinski definition) is 7. The largest absolute Gasteiger partial charge is 0.396 e. The van der Waals surface area contributed by atoms with Crippen LogP contribution >= 0.6 is 0 Å². The zero-order valence-electron chi connectivity index (χ0n) is 15.9. The third-order valence-corrected chi connectivity index (χ3v) is 4.38. The van der Waals surface area contributed by atoms with Crippen LogP contribution in [0.1, 0.15) is 35.9 Å². The van der Waals surface area contributed by atoms with Gasteiger partial charge in [0, 0.05) is 23.5 Å². The number of unbranched alkanes of at least 4 members (excludes halogenated alkanes) is 1. The zero-order chi connectivity index (χ0) is 20.1. The normalized spacial score (nSPS) is 10.9. The van der Waals surface area contributed by atoms with Crippen molar-refractivity contribution < 1.29 is 9.63 Å². The van der Waals surface area contributed by atoms with Crippen LogP contribution in [-0.4, -0.2) is 48.1 Å². The number of carbonyl (C=O) groups excluding carboxylic acids is 1. The second-order valence-electron chi connectivity index (χ2n) is 6.41. The first-order valence-electron chi connectivity index (χ1n) is 9.31. The lowest BCUT2D eigenvalue weighted by atomic mass is 10.2. The Labute approximate surface area is 166 Å². The Morgan fingerprint density at radius 1 is 1.28 bits per heavy atom. The van der Waals surface area contributed by atoms with Crippen molar-refractivity contribution in [2.75, 3.05) is 11.5 Å². The zero-order valence-corrected chi connectivity index (χ0v) is 15.9. The van der Waals surface area contributed by atoms with Crippen molar-refractivity contribution in [1.29, 1.82) is 0 Å². The third-order valence-electron chi connectivity index (χ3n) is 4.38. The number of hydrogen-bond donors (Lipinski definition) is 1. The summed E-state index contributed by atoms with van der Waals surface area (Å²) in [6.07, 6.45) is 6.87. The van der Waals surface area contributed by atoms with E-state index in [2.05, 4.69) is 37.6 Å². The number of fused-ring (bicyclic) bond motifs is 1. The van der Waals surface area contributed by atoms with E-state index in [1.54, 1.807) is 29.4 Å². The van der Waals surface area contributed by atoms with Crippen LogP contribution in [0.15, 0.2) is 48.9 Å². The third kappa shape index (κ3) is 4.05. The summed E-state index contributed by atoms with van der Waals surface area (Å²) >= 11 is 0. The number of H-pyrrole nitrogens is 1. The number of aromatic nitrogens is 7. The van der Waals surface area contributed by atoms with E-state index in [9.17, 15) is 4.79 Å². The van der Waals surface area contributed by atoms with E-state index in [-0.39, 0.29) is 12.5 Å². The highest BCUT2D eigenvalue weighted by atomic mass is 16.7. The molecule has 10 nitrogen and oxygen atoms in total. The molecule has 0 unspecified atom stereocenters. The Kier molecular flexibility index (Phi) is 5.41. The first-order chi connectivity index (χ1) is 14.3. The number of anilines is 1. The van der Waals surface area contributed by atoms with E-state index < -0.39 is 0 Å². The minimum absolute atomic E-state index is 0.164. The van der Waals surface area contributed by atoms with Crippen LogP contribution in [0.4, 0.5) is 5.69 Å². The maximum Gasteiger partial charge on any atom is 0.260 e. The van der Waals surface area contributed by atoms with Crippen molar-refractivity contribution in [3.63, 3.8) is 0 Å². The van der Waals surface area contributed by atoms with E-state index in [4.69, 9.17) is 4.84 Å². The van der Waals surface area contributed by atoms with Crippen LogP contribution < -0.4 is 9.74 Å². The van der Waals surface area contributed by atoms with Gasteiger partial charge in [0.1, 0.15) is 12.1 Å². The topological polar surface area (TPSA) is 115 Å². The molecule has 1 amide bonds. The van der Waals surface area contributed by atoms with Gasteiger partial charge in [-0.05, 0) is 36.8 Å². The summed E-state index contributed by atoms with van der Waals surface area (Å²) in [7, 11) is 0. The van der Waals surface area contributed by atoms with Crippen molar-refractivity contribution in [2.24, 2.45) is 0 Å². The number of benzene rings is 1. The Balaban J connectivity index is 1.66. The standard InChI is InChI=1S/C19H20N8O2/c1-2-3-9-29-27-17-7-6-16(10-15(17)12-21-27)26(13-18-22-24-25-23-18)19(28)14-5-4-8-20-11-14/h4-8,10-12H,2-3,9,13H2,1H3,(H,22,23,24,25). The van der Waals surface area contributed by atoms with Gasteiger partial charge in [-0.3, -0.25) is 9.78 Å². The summed E-state index contributed by atoms with van der Waals surface area (Å²) in [5.74, 6) is 0.190. The summed E-state index contributed by atoms with van der Waals surface area (Å²) in [4.78, 5) is 26.0. The maximum absolute atomic E-state index is 13.1. The molecule has 0 saturated carbocycles. The number of aromatic amines is 1. The average molecular weight is 392 g/mol. The molecule has 4 rings (SSSR count). The molecular weight excluding hydrogens is 372 g/mol. The molecule has 0 spiro atoms. The van der Waals surface area contributed by atoms with Gasteiger partial charge in [-0.15, -0.1) is 15.3 Å². The fourth-order valence-corrected chi connectivity index (χ4v) is 2.88. The number of rotatable bonds is 8. The highest BCUT2D eigenvalue weighted by Crippen LogP contribution is 2.24. The molecular formula is C19H20N8O2. The smallest absolute Gasteiger partial charge is 0.260 e. The van der Waals surface area contributed by atoms with Gasteiger partial charge in [0.15, 0.2) is 5.82 Å². The number of nitrogens with one attached hydrogen (secondary N) is 1. The van der Waals surface area contributed by atoms with Crippen LogP contribution in [0.2, 0.25) is 0 Å². The second-order valence-corrected chi connectivity index (χ2v) is 6.41. The number of tetrazole rings is 1. The van der Waals surface area contributed by atoms with Crippen molar-refractivity contribution in [2.45, 2.75) is 26.3 Å². The van der Waals surface area contributed by atoms with E-state index >= 15 is 0 Å². The molecule has 0 bridgehead atoms. The minimum atomic E-state index is -0.214. The van der Waals surface area contributed by atoms with Crippen molar-refractivity contribution in [1.82, 2.24) is 35.6 Å². The first-order valence-corrected chi connectivity index (χ1v) is 9.31. The Morgan fingerprint density at radius 3 is 2.97 bits per heavy atom. The molecule has 1 N–H and O–H groups in total. The fraction of sp³-hybridized carbons (Fsp3) is 0.263. The second kappa shape index (κ2) is 8.46. The lowest BCUT2D eigenvalue weighted by Gasteiger charge is -2.21. The Bertz CT molecular complexity index is 1080. The van der Waals surface area contributed by atoms with Gasteiger partial charge in [-0.2, -0.15) is 5.21 Å². The molecule has 1 aromatic carbocycles. The van der Waals surface area contributed by atoms with Crippen LogP contribution in [0, 0.1) is 0 Å². The number of nitrogens with zero attached hydrogens (tertiary/aromatic N) is 7. The van der Waals surface area contributed by atoms with E-state index in [0.717, 1.165) is 23.7 Å². The van der Waals surface area contributed by atoms with Gasteiger partial charge in [0.2, 0.25) is 0 Å². The van der Waals surface area contributed by atoms with Gasteiger partial charge in [0.25, 0.3) is 5.91 Å². The molecule has 0 atom stereocenters. The quantitative estimate of drug-likeness (QED) is 0.456. The molecule has 4 aromatic rings. The highest BCUT2D eigenvalue weighted by Gasteiger charge is 2.21. The molecule has 0 aliphatic carbocycles. The summed E-state index contributed by atoms with van der Waals surface area (Å²) in [5.41, 5.74) is 1.98. The van der Waals surface area contributed by atoms with Crippen molar-refractivity contribution in [3.05, 3.63) is 60.3 Å². The van der Waals surface area contributed by atoms with Crippen molar-refractivity contribution >= 4 is 22.5 Å². The Morgan fingerprint density at radius 2 is 2.21 bits per heavy atom.